The van der Waals surface area contributed by atoms with Crippen molar-refractivity contribution in [3.63, 3.8) is 0 Å². The number of carbonyl (C=O) groups is 1. The van der Waals surface area contributed by atoms with Crippen LogP contribution in [0.15, 0.2) is 47.1 Å². The maximum absolute atomic E-state index is 12.2. The van der Waals surface area contributed by atoms with Gasteiger partial charge in [0.1, 0.15) is 5.82 Å². The third kappa shape index (κ3) is 4.55. The Hall–Kier alpha value is -1.88. The Labute approximate surface area is 144 Å². The van der Waals surface area contributed by atoms with E-state index in [1.807, 2.05) is 36.4 Å². The fraction of sp³-hybridized carbons (Fsp3) is 0.333. The molecule has 23 heavy (non-hydrogen) atoms. The second-order valence-electron chi connectivity index (χ2n) is 5.89. The molecular weight excluding hydrogens is 354 g/mol. The Morgan fingerprint density at radius 1 is 1.09 bits per heavy atom. The molecule has 0 atom stereocenters. The van der Waals surface area contributed by atoms with E-state index in [0.717, 1.165) is 47.3 Å². The Kier molecular flexibility index (Phi) is 5.28. The lowest BCUT2D eigenvalue weighted by Crippen LogP contribution is -2.24. The third-order valence-electron chi connectivity index (χ3n) is 4.10. The first kappa shape index (κ1) is 16.0. The molecule has 0 aliphatic heterocycles. The lowest BCUT2D eigenvalue weighted by atomic mass is 9.88. The van der Waals surface area contributed by atoms with Crippen LogP contribution < -0.4 is 10.6 Å². The summed E-state index contributed by atoms with van der Waals surface area (Å²) in [5.74, 6) is 1.03. The summed E-state index contributed by atoms with van der Waals surface area (Å²) in [6.45, 7) is 0. The summed E-state index contributed by atoms with van der Waals surface area (Å²) in [6, 6.07) is 11.7. The predicted molar refractivity (Wildman–Crippen MR) is 96.9 cm³/mol. The number of amides is 1. The van der Waals surface area contributed by atoms with E-state index in [1.54, 1.807) is 6.20 Å². The maximum atomic E-state index is 12.2. The van der Waals surface area contributed by atoms with Crippen LogP contribution in [0.5, 0.6) is 0 Å². The highest BCUT2D eigenvalue weighted by Gasteiger charge is 2.20. The molecule has 2 aromatic rings. The average Bonchev–Trinajstić information content (AvgIpc) is 2.57. The van der Waals surface area contributed by atoms with Crippen LogP contribution in [0.3, 0.4) is 0 Å². The maximum Gasteiger partial charge on any atom is 0.227 e. The van der Waals surface area contributed by atoms with Crippen molar-refractivity contribution in [1.82, 2.24) is 4.98 Å². The van der Waals surface area contributed by atoms with Crippen LogP contribution in [-0.2, 0) is 4.79 Å². The zero-order valence-corrected chi connectivity index (χ0v) is 14.5. The molecule has 1 fully saturated rings. The van der Waals surface area contributed by atoms with Gasteiger partial charge in [-0.1, -0.05) is 41.3 Å². The van der Waals surface area contributed by atoms with Gasteiger partial charge in [0, 0.05) is 16.1 Å². The fourth-order valence-corrected chi connectivity index (χ4v) is 3.26. The zero-order valence-electron chi connectivity index (χ0n) is 12.9. The van der Waals surface area contributed by atoms with Crippen molar-refractivity contribution in [3.05, 3.63) is 47.1 Å². The number of anilines is 3. The molecular formula is C18H20BrN3O. The number of halogens is 1. The van der Waals surface area contributed by atoms with Crippen molar-refractivity contribution in [1.29, 1.82) is 0 Å². The van der Waals surface area contributed by atoms with E-state index in [1.165, 1.54) is 6.42 Å². The zero-order chi connectivity index (χ0) is 16.1. The van der Waals surface area contributed by atoms with Gasteiger partial charge in [0.05, 0.1) is 11.9 Å². The molecule has 1 aliphatic rings. The molecule has 3 rings (SSSR count). The van der Waals surface area contributed by atoms with Crippen LogP contribution in [0, 0.1) is 5.92 Å². The van der Waals surface area contributed by atoms with Gasteiger partial charge in [-0.2, -0.15) is 0 Å². The van der Waals surface area contributed by atoms with Crippen molar-refractivity contribution in [2.24, 2.45) is 5.92 Å². The van der Waals surface area contributed by atoms with Crippen molar-refractivity contribution < 1.29 is 4.79 Å². The van der Waals surface area contributed by atoms with Crippen molar-refractivity contribution in [3.8, 4) is 0 Å². The number of nitrogens with zero attached hydrogens (tertiary/aromatic N) is 1. The number of rotatable bonds is 4. The van der Waals surface area contributed by atoms with E-state index >= 15 is 0 Å². The van der Waals surface area contributed by atoms with Gasteiger partial charge in [-0.15, -0.1) is 0 Å². The van der Waals surface area contributed by atoms with E-state index in [2.05, 4.69) is 31.5 Å². The molecule has 1 saturated carbocycles. The third-order valence-corrected chi connectivity index (χ3v) is 4.60. The standard InChI is InChI=1S/C18H20BrN3O/c19-14-7-4-8-15(11-14)21-17-10-9-16(12-20-17)22-18(23)13-5-2-1-3-6-13/h4,7-13H,1-3,5-6H2,(H,20,21)(H,22,23). The van der Waals surface area contributed by atoms with Gasteiger partial charge >= 0.3 is 0 Å². The fourth-order valence-electron chi connectivity index (χ4n) is 2.86. The van der Waals surface area contributed by atoms with E-state index in [-0.39, 0.29) is 11.8 Å². The predicted octanol–water partition coefficient (Wildman–Crippen LogP) is 5.11. The summed E-state index contributed by atoms with van der Waals surface area (Å²) < 4.78 is 1.01. The Morgan fingerprint density at radius 2 is 1.91 bits per heavy atom. The first-order chi connectivity index (χ1) is 11.2. The molecule has 0 unspecified atom stereocenters. The van der Waals surface area contributed by atoms with Gasteiger partial charge in [-0.25, -0.2) is 4.98 Å². The van der Waals surface area contributed by atoms with Crippen LogP contribution in [0.1, 0.15) is 32.1 Å². The number of pyridine rings is 1. The summed E-state index contributed by atoms with van der Waals surface area (Å²) in [5.41, 5.74) is 1.71. The highest BCUT2D eigenvalue weighted by Crippen LogP contribution is 2.25. The monoisotopic (exact) mass is 373 g/mol. The number of nitrogens with one attached hydrogen (secondary N) is 2. The quantitative estimate of drug-likeness (QED) is 0.782. The van der Waals surface area contributed by atoms with E-state index in [0.29, 0.717) is 0 Å². The summed E-state index contributed by atoms with van der Waals surface area (Å²) in [5, 5.41) is 6.21. The Balaban J connectivity index is 1.59. The highest BCUT2D eigenvalue weighted by atomic mass is 79.9. The smallest absolute Gasteiger partial charge is 0.227 e. The lowest BCUT2D eigenvalue weighted by Gasteiger charge is -2.20. The Morgan fingerprint density at radius 3 is 2.61 bits per heavy atom. The second-order valence-corrected chi connectivity index (χ2v) is 6.81. The van der Waals surface area contributed by atoms with Crippen LogP contribution in [0.25, 0.3) is 0 Å². The van der Waals surface area contributed by atoms with Crippen LogP contribution in [0.4, 0.5) is 17.2 Å². The van der Waals surface area contributed by atoms with E-state index in [4.69, 9.17) is 0 Å². The molecule has 1 aliphatic carbocycles. The van der Waals surface area contributed by atoms with Gasteiger partial charge in [0.2, 0.25) is 5.91 Å². The molecule has 0 radical (unpaired) electrons. The lowest BCUT2D eigenvalue weighted by molar-refractivity contribution is -0.120. The molecule has 1 aromatic heterocycles. The molecule has 1 aromatic carbocycles. The van der Waals surface area contributed by atoms with Crippen molar-refractivity contribution in [2.75, 3.05) is 10.6 Å². The highest BCUT2D eigenvalue weighted by molar-refractivity contribution is 9.10. The number of carbonyl (C=O) groups excluding carboxylic acids is 1. The molecule has 1 amide bonds. The molecule has 120 valence electrons. The van der Waals surface area contributed by atoms with Gasteiger partial charge in [-0.05, 0) is 43.2 Å². The van der Waals surface area contributed by atoms with Gasteiger partial charge in [-0.3, -0.25) is 4.79 Å². The van der Waals surface area contributed by atoms with Crippen LogP contribution in [-0.4, -0.2) is 10.9 Å². The summed E-state index contributed by atoms with van der Waals surface area (Å²) in [6.07, 6.45) is 7.27. The number of benzene rings is 1. The molecule has 1 heterocycles. The summed E-state index contributed by atoms with van der Waals surface area (Å²) >= 11 is 3.44. The topological polar surface area (TPSA) is 54.0 Å². The number of hydrogen-bond donors (Lipinski definition) is 2. The molecule has 5 heteroatoms. The Bertz CT molecular complexity index is 666. The molecule has 0 saturated heterocycles. The summed E-state index contributed by atoms with van der Waals surface area (Å²) in [4.78, 5) is 16.6. The number of aromatic nitrogens is 1. The van der Waals surface area contributed by atoms with Crippen LogP contribution >= 0.6 is 15.9 Å². The van der Waals surface area contributed by atoms with Gasteiger partial charge in [0.15, 0.2) is 0 Å². The minimum atomic E-state index is 0.124. The summed E-state index contributed by atoms with van der Waals surface area (Å²) in [7, 11) is 0. The minimum Gasteiger partial charge on any atom is -0.340 e. The van der Waals surface area contributed by atoms with Gasteiger partial charge < -0.3 is 10.6 Å². The second kappa shape index (κ2) is 7.59. The normalized spacial score (nSPS) is 15.2. The average molecular weight is 374 g/mol. The SMILES string of the molecule is O=C(Nc1ccc(Nc2cccc(Br)c2)nc1)C1CCCCC1. The first-order valence-electron chi connectivity index (χ1n) is 8.00. The van der Waals surface area contributed by atoms with Crippen molar-refractivity contribution in [2.45, 2.75) is 32.1 Å². The molecule has 0 bridgehead atoms. The molecule has 2 N–H and O–H groups in total. The van der Waals surface area contributed by atoms with E-state index in [9.17, 15) is 4.79 Å². The first-order valence-corrected chi connectivity index (χ1v) is 8.79. The molecule has 0 spiro atoms. The molecule has 4 nitrogen and oxygen atoms in total. The van der Waals surface area contributed by atoms with E-state index < -0.39 is 0 Å². The van der Waals surface area contributed by atoms with Crippen LogP contribution in [0.2, 0.25) is 0 Å². The van der Waals surface area contributed by atoms with Crippen molar-refractivity contribution >= 4 is 39.0 Å². The van der Waals surface area contributed by atoms with Gasteiger partial charge in [0.25, 0.3) is 0 Å². The minimum absolute atomic E-state index is 0.124. The largest absolute Gasteiger partial charge is 0.340 e. The number of hydrogen-bond acceptors (Lipinski definition) is 3.